The summed E-state index contributed by atoms with van der Waals surface area (Å²) in [5.41, 5.74) is 0.994. The molecule has 0 saturated heterocycles. The lowest BCUT2D eigenvalue weighted by Crippen LogP contribution is -2.52. The molecule has 0 aromatic heterocycles. The van der Waals surface area contributed by atoms with Crippen molar-refractivity contribution in [3.05, 3.63) is 89.4 Å². The maximum absolute atomic E-state index is 13.9. The standard InChI is InChI=1S/C29H34ClN3O5S/c1-5-21(2)31-29(35)22(3)32(19-23-14-16-26(38-4)17-15-23)28(34)20-33(25-11-9-10-24(30)18-25)39(36,37)27-12-7-6-8-13-27/h6-18,21-22H,5,19-20H2,1-4H3,(H,31,35)/t21-,22-/m0/s1. The number of anilines is 1. The number of carbonyl (C=O) groups excluding carboxylic acids is 2. The van der Waals surface area contributed by atoms with Crippen LogP contribution in [0.5, 0.6) is 5.75 Å². The fourth-order valence-corrected chi connectivity index (χ4v) is 5.47. The Kier molecular flexibility index (Phi) is 10.4. The molecule has 8 nitrogen and oxygen atoms in total. The first-order valence-electron chi connectivity index (χ1n) is 12.6. The smallest absolute Gasteiger partial charge is 0.264 e. The molecule has 208 valence electrons. The highest BCUT2D eigenvalue weighted by Crippen LogP contribution is 2.27. The number of carbonyl (C=O) groups is 2. The van der Waals surface area contributed by atoms with E-state index < -0.39 is 28.5 Å². The van der Waals surface area contributed by atoms with E-state index >= 15 is 0 Å². The summed E-state index contributed by atoms with van der Waals surface area (Å²) in [6.45, 7) is 5.02. The number of nitrogens with zero attached hydrogens (tertiary/aromatic N) is 2. The average Bonchev–Trinajstić information content (AvgIpc) is 2.94. The average molecular weight is 572 g/mol. The SMILES string of the molecule is CC[C@H](C)NC(=O)[C@H](C)N(Cc1ccc(OC)cc1)C(=O)CN(c1cccc(Cl)c1)S(=O)(=O)c1ccccc1. The van der Waals surface area contributed by atoms with E-state index in [1.54, 1.807) is 74.7 Å². The van der Waals surface area contributed by atoms with Gasteiger partial charge in [-0.2, -0.15) is 0 Å². The Balaban J connectivity index is 2.01. The Morgan fingerprint density at radius 2 is 1.64 bits per heavy atom. The van der Waals surface area contributed by atoms with Crippen LogP contribution in [0.1, 0.15) is 32.8 Å². The molecule has 0 aliphatic rings. The fraction of sp³-hybridized carbons (Fsp3) is 0.310. The number of halogens is 1. The molecule has 2 atom stereocenters. The lowest BCUT2D eigenvalue weighted by Gasteiger charge is -2.32. The summed E-state index contributed by atoms with van der Waals surface area (Å²) in [6.07, 6.45) is 0.725. The first-order chi connectivity index (χ1) is 18.6. The van der Waals surface area contributed by atoms with Gasteiger partial charge in [0.2, 0.25) is 11.8 Å². The summed E-state index contributed by atoms with van der Waals surface area (Å²) < 4.78 is 33.7. The highest BCUT2D eigenvalue weighted by atomic mass is 35.5. The number of rotatable bonds is 12. The molecule has 10 heteroatoms. The Morgan fingerprint density at radius 1 is 0.974 bits per heavy atom. The topological polar surface area (TPSA) is 96.0 Å². The third-order valence-corrected chi connectivity index (χ3v) is 8.41. The van der Waals surface area contributed by atoms with Crippen LogP contribution in [0.25, 0.3) is 0 Å². The van der Waals surface area contributed by atoms with Gasteiger partial charge in [-0.05, 0) is 68.3 Å². The van der Waals surface area contributed by atoms with Gasteiger partial charge in [0, 0.05) is 17.6 Å². The second kappa shape index (κ2) is 13.5. The molecule has 2 amide bonds. The van der Waals surface area contributed by atoms with E-state index in [4.69, 9.17) is 16.3 Å². The second-order valence-corrected chi connectivity index (χ2v) is 11.5. The van der Waals surface area contributed by atoms with Crippen molar-refractivity contribution in [2.24, 2.45) is 0 Å². The predicted molar refractivity (Wildman–Crippen MR) is 153 cm³/mol. The number of sulfonamides is 1. The summed E-state index contributed by atoms with van der Waals surface area (Å²) in [4.78, 5) is 28.4. The van der Waals surface area contributed by atoms with Crippen LogP contribution >= 0.6 is 11.6 Å². The van der Waals surface area contributed by atoms with Crippen LogP contribution in [0.2, 0.25) is 5.02 Å². The van der Waals surface area contributed by atoms with Gasteiger partial charge in [0.1, 0.15) is 18.3 Å². The fourth-order valence-electron chi connectivity index (χ4n) is 3.86. The first-order valence-corrected chi connectivity index (χ1v) is 14.4. The predicted octanol–water partition coefficient (Wildman–Crippen LogP) is 4.88. The third kappa shape index (κ3) is 7.74. The minimum absolute atomic E-state index is 0.0297. The van der Waals surface area contributed by atoms with Crippen molar-refractivity contribution in [3.8, 4) is 5.75 Å². The number of amides is 2. The Hall–Kier alpha value is -3.56. The van der Waals surface area contributed by atoms with Gasteiger partial charge in [-0.25, -0.2) is 8.42 Å². The quantitative estimate of drug-likeness (QED) is 0.334. The van der Waals surface area contributed by atoms with E-state index in [1.807, 2.05) is 13.8 Å². The number of hydrogen-bond acceptors (Lipinski definition) is 5. The van der Waals surface area contributed by atoms with E-state index in [9.17, 15) is 18.0 Å². The zero-order chi connectivity index (χ0) is 28.6. The zero-order valence-corrected chi connectivity index (χ0v) is 24.1. The zero-order valence-electron chi connectivity index (χ0n) is 22.5. The molecule has 0 aliphatic heterocycles. The van der Waals surface area contributed by atoms with Crippen LogP contribution in [0.15, 0.2) is 83.8 Å². The van der Waals surface area contributed by atoms with Crippen LogP contribution in [0.3, 0.4) is 0 Å². The molecule has 0 heterocycles. The minimum atomic E-state index is -4.14. The molecular weight excluding hydrogens is 538 g/mol. The summed E-state index contributed by atoms with van der Waals surface area (Å²) >= 11 is 6.19. The molecular formula is C29H34ClN3O5S. The normalized spacial score (nSPS) is 12.7. The van der Waals surface area contributed by atoms with E-state index in [2.05, 4.69) is 5.32 Å². The van der Waals surface area contributed by atoms with Crippen LogP contribution in [0.4, 0.5) is 5.69 Å². The Morgan fingerprint density at radius 3 is 2.23 bits per heavy atom. The third-order valence-electron chi connectivity index (χ3n) is 6.39. The summed E-state index contributed by atoms with van der Waals surface area (Å²) in [5, 5.41) is 3.24. The van der Waals surface area contributed by atoms with Crippen molar-refractivity contribution >= 4 is 39.1 Å². The Labute approximate surface area is 235 Å². The van der Waals surface area contributed by atoms with Crippen molar-refractivity contribution in [2.45, 2.75) is 50.7 Å². The number of benzene rings is 3. The van der Waals surface area contributed by atoms with Gasteiger partial charge in [-0.3, -0.25) is 13.9 Å². The van der Waals surface area contributed by atoms with Crippen LogP contribution in [-0.2, 0) is 26.2 Å². The van der Waals surface area contributed by atoms with Crippen molar-refractivity contribution < 1.29 is 22.7 Å². The van der Waals surface area contributed by atoms with Gasteiger partial charge in [0.25, 0.3) is 10.0 Å². The molecule has 0 unspecified atom stereocenters. The summed E-state index contributed by atoms with van der Waals surface area (Å²) in [5.74, 6) is -0.219. The number of ether oxygens (including phenoxy) is 1. The lowest BCUT2D eigenvalue weighted by molar-refractivity contribution is -0.139. The number of hydrogen-bond donors (Lipinski definition) is 1. The van der Waals surface area contributed by atoms with Crippen molar-refractivity contribution in [1.29, 1.82) is 0 Å². The summed E-state index contributed by atoms with van der Waals surface area (Å²) in [6, 6.07) is 20.4. The van der Waals surface area contributed by atoms with E-state index in [0.29, 0.717) is 10.8 Å². The highest BCUT2D eigenvalue weighted by molar-refractivity contribution is 7.92. The van der Waals surface area contributed by atoms with E-state index in [0.717, 1.165) is 16.3 Å². The van der Waals surface area contributed by atoms with Crippen LogP contribution < -0.4 is 14.4 Å². The van der Waals surface area contributed by atoms with Crippen molar-refractivity contribution in [2.75, 3.05) is 18.0 Å². The summed E-state index contributed by atoms with van der Waals surface area (Å²) in [7, 11) is -2.58. The van der Waals surface area contributed by atoms with Gasteiger partial charge in [-0.1, -0.05) is 54.9 Å². The number of methoxy groups -OCH3 is 1. The van der Waals surface area contributed by atoms with Gasteiger partial charge in [0.05, 0.1) is 17.7 Å². The Bertz CT molecular complexity index is 1370. The molecule has 3 aromatic carbocycles. The monoisotopic (exact) mass is 571 g/mol. The largest absolute Gasteiger partial charge is 0.497 e. The van der Waals surface area contributed by atoms with E-state index in [1.165, 1.54) is 23.1 Å². The van der Waals surface area contributed by atoms with Gasteiger partial charge in [-0.15, -0.1) is 0 Å². The molecule has 0 spiro atoms. The lowest BCUT2D eigenvalue weighted by atomic mass is 10.1. The van der Waals surface area contributed by atoms with Gasteiger partial charge >= 0.3 is 0 Å². The van der Waals surface area contributed by atoms with Crippen molar-refractivity contribution in [3.63, 3.8) is 0 Å². The molecule has 0 bridgehead atoms. The number of nitrogens with one attached hydrogen (secondary N) is 1. The molecule has 3 aromatic rings. The minimum Gasteiger partial charge on any atom is -0.497 e. The molecule has 0 saturated carbocycles. The molecule has 39 heavy (non-hydrogen) atoms. The maximum Gasteiger partial charge on any atom is 0.264 e. The van der Waals surface area contributed by atoms with Crippen LogP contribution in [-0.4, -0.2) is 50.9 Å². The van der Waals surface area contributed by atoms with Crippen LogP contribution in [0, 0.1) is 0 Å². The first kappa shape index (κ1) is 30.0. The van der Waals surface area contributed by atoms with Crippen molar-refractivity contribution in [1.82, 2.24) is 10.2 Å². The maximum atomic E-state index is 13.9. The molecule has 0 radical (unpaired) electrons. The molecule has 0 aliphatic carbocycles. The van der Waals surface area contributed by atoms with Gasteiger partial charge in [0.15, 0.2) is 0 Å². The molecule has 3 rings (SSSR count). The molecule has 0 fully saturated rings. The second-order valence-electron chi connectivity index (χ2n) is 9.17. The van der Waals surface area contributed by atoms with Gasteiger partial charge < -0.3 is 15.0 Å². The molecule has 1 N–H and O–H groups in total. The van der Waals surface area contributed by atoms with E-state index in [-0.39, 0.29) is 29.1 Å². The highest BCUT2D eigenvalue weighted by Gasteiger charge is 2.32.